The molecule has 2 aromatic rings. The smallest absolute Gasteiger partial charge is 0.0475 e. The predicted molar refractivity (Wildman–Crippen MR) is 81.4 cm³/mol. The molecule has 2 N–H and O–H groups in total. The van der Waals surface area contributed by atoms with Crippen LogP contribution in [0, 0.1) is 5.92 Å². The van der Waals surface area contributed by atoms with Crippen LogP contribution >= 0.6 is 0 Å². The van der Waals surface area contributed by atoms with Crippen LogP contribution in [0.5, 0.6) is 0 Å². The van der Waals surface area contributed by atoms with Gasteiger partial charge in [-0.25, -0.2) is 0 Å². The summed E-state index contributed by atoms with van der Waals surface area (Å²) in [6, 6.07) is 16.5. The lowest BCUT2D eigenvalue weighted by atomic mass is 10.0. The molecule has 1 heterocycles. The molecule has 0 aliphatic rings. The molecule has 0 saturated carbocycles. The van der Waals surface area contributed by atoms with Gasteiger partial charge in [-0.05, 0) is 37.0 Å². The van der Waals surface area contributed by atoms with Crippen molar-refractivity contribution in [2.24, 2.45) is 5.92 Å². The number of hydrogen-bond acceptors (Lipinski definition) is 3. The van der Waals surface area contributed by atoms with E-state index in [0.717, 1.165) is 18.7 Å². The minimum atomic E-state index is 0.172. The van der Waals surface area contributed by atoms with E-state index in [2.05, 4.69) is 29.4 Å². The highest BCUT2D eigenvalue weighted by Crippen LogP contribution is 2.12. The Hall–Kier alpha value is -1.71. The van der Waals surface area contributed by atoms with Crippen LogP contribution in [0.1, 0.15) is 24.2 Å². The first-order valence-corrected chi connectivity index (χ1v) is 7.08. The zero-order valence-electron chi connectivity index (χ0n) is 11.9. The lowest BCUT2D eigenvalue weighted by Gasteiger charge is -2.19. The molecule has 0 radical (unpaired) electrons. The summed E-state index contributed by atoms with van der Waals surface area (Å²) in [5, 5.41) is 13.0. The normalized spacial score (nSPS) is 13.9. The molecular weight excluding hydrogens is 248 g/mol. The topological polar surface area (TPSA) is 45.1 Å². The fourth-order valence-electron chi connectivity index (χ4n) is 2.22. The Kier molecular flexibility index (Phi) is 5.71. The number of aliphatic hydroxyl groups excluding tert-OH is 1. The van der Waals surface area contributed by atoms with Crippen LogP contribution in [-0.4, -0.2) is 23.2 Å². The Balaban J connectivity index is 1.85. The number of nitrogens with zero attached hydrogens (tertiary/aromatic N) is 1. The Labute approximate surface area is 120 Å². The van der Waals surface area contributed by atoms with Gasteiger partial charge in [0.25, 0.3) is 0 Å². The molecule has 3 heteroatoms. The number of pyridine rings is 1. The summed E-state index contributed by atoms with van der Waals surface area (Å²) in [6.07, 6.45) is 2.59. The van der Waals surface area contributed by atoms with E-state index in [4.69, 9.17) is 0 Å². The predicted octanol–water partition coefficient (Wildman–Crippen LogP) is 2.58. The van der Waals surface area contributed by atoms with Crippen molar-refractivity contribution in [3.63, 3.8) is 0 Å². The molecule has 1 aromatic carbocycles. The molecule has 0 spiro atoms. The van der Waals surface area contributed by atoms with Crippen molar-refractivity contribution in [1.29, 1.82) is 0 Å². The zero-order chi connectivity index (χ0) is 14.2. The monoisotopic (exact) mass is 270 g/mol. The van der Waals surface area contributed by atoms with Gasteiger partial charge in [-0.3, -0.25) is 4.98 Å². The molecule has 0 amide bonds. The van der Waals surface area contributed by atoms with Crippen LogP contribution in [0.3, 0.4) is 0 Å². The van der Waals surface area contributed by atoms with Crippen molar-refractivity contribution >= 4 is 0 Å². The van der Waals surface area contributed by atoms with Crippen molar-refractivity contribution in [3.05, 3.63) is 66.0 Å². The van der Waals surface area contributed by atoms with Gasteiger partial charge in [0.2, 0.25) is 0 Å². The van der Waals surface area contributed by atoms with Crippen LogP contribution in [0.15, 0.2) is 54.7 Å². The Morgan fingerprint density at radius 3 is 2.50 bits per heavy atom. The number of benzene rings is 1. The first-order valence-electron chi connectivity index (χ1n) is 7.08. The van der Waals surface area contributed by atoms with Gasteiger partial charge < -0.3 is 10.4 Å². The molecule has 0 aliphatic carbocycles. The van der Waals surface area contributed by atoms with E-state index in [1.807, 2.05) is 36.4 Å². The molecule has 20 heavy (non-hydrogen) atoms. The lowest BCUT2D eigenvalue weighted by molar-refractivity contribution is 0.218. The highest BCUT2D eigenvalue weighted by atomic mass is 16.3. The number of aliphatic hydroxyl groups is 1. The molecular formula is C17H22N2O. The second-order valence-electron chi connectivity index (χ2n) is 5.11. The Morgan fingerprint density at radius 2 is 1.85 bits per heavy atom. The van der Waals surface area contributed by atoms with Gasteiger partial charge in [-0.15, -0.1) is 0 Å². The third-order valence-electron chi connectivity index (χ3n) is 3.49. The lowest BCUT2D eigenvalue weighted by Crippen LogP contribution is -2.29. The second-order valence-corrected chi connectivity index (χ2v) is 5.11. The fourth-order valence-corrected chi connectivity index (χ4v) is 2.22. The summed E-state index contributed by atoms with van der Waals surface area (Å²) in [5.74, 6) is 0.191. The van der Waals surface area contributed by atoms with E-state index in [9.17, 15) is 5.11 Å². The third kappa shape index (κ3) is 4.44. The maximum absolute atomic E-state index is 9.50. The van der Waals surface area contributed by atoms with Crippen molar-refractivity contribution < 1.29 is 5.11 Å². The summed E-state index contributed by atoms with van der Waals surface area (Å²) in [7, 11) is 0. The summed E-state index contributed by atoms with van der Waals surface area (Å²) < 4.78 is 0. The van der Waals surface area contributed by atoms with Crippen LogP contribution in [0.2, 0.25) is 0 Å². The van der Waals surface area contributed by atoms with Crippen LogP contribution in [-0.2, 0) is 6.42 Å². The number of rotatable bonds is 7. The minimum absolute atomic E-state index is 0.172. The molecule has 0 fully saturated rings. The summed E-state index contributed by atoms with van der Waals surface area (Å²) in [5.41, 5.74) is 2.29. The Morgan fingerprint density at radius 1 is 1.10 bits per heavy atom. The second kappa shape index (κ2) is 7.78. The minimum Gasteiger partial charge on any atom is -0.396 e. The Bertz CT molecular complexity index is 487. The first kappa shape index (κ1) is 14.7. The molecule has 0 aliphatic heterocycles. The van der Waals surface area contributed by atoms with E-state index in [1.54, 1.807) is 6.20 Å². The SMILES string of the molecule is CC(NCC(CO)Cc1ccccn1)c1ccccc1. The molecule has 2 rings (SSSR count). The van der Waals surface area contributed by atoms with Gasteiger partial charge in [0, 0.05) is 31.1 Å². The number of hydrogen-bond donors (Lipinski definition) is 2. The number of aromatic nitrogens is 1. The highest BCUT2D eigenvalue weighted by Gasteiger charge is 2.11. The summed E-state index contributed by atoms with van der Waals surface area (Å²) in [4.78, 5) is 4.31. The summed E-state index contributed by atoms with van der Waals surface area (Å²) in [6.45, 7) is 3.10. The van der Waals surface area contributed by atoms with E-state index >= 15 is 0 Å². The molecule has 106 valence electrons. The van der Waals surface area contributed by atoms with Crippen LogP contribution in [0.25, 0.3) is 0 Å². The first-order chi connectivity index (χ1) is 9.79. The van der Waals surface area contributed by atoms with Gasteiger partial charge in [-0.1, -0.05) is 36.4 Å². The molecule has 3 nitrogen and oxygen atoms in total. The molecule has 0 saturated heterocycles. The zero-order valence-corrected chi connectivity index (χ0v) is 11.9. The van der Waals surface area contributed by atoms with Crippen LogP contribution < -0.4 is 5.32 Å². The average molecular weight is 270 g/mol. The molecule has 2 atom stereocenters. The van der Waals surface area contributed by atoms with E-state index in [-0.39, 0.29) is 18.6 Å². The van der Waals surface area contributed by atoms with Crippen molar-refractivity contribution in [3.8, 4) is 0 Å². The maximum atomic E-state index is 9.50. The van der Waals surface area contributed by atoms with E-state index in [1.165, 1.54) is 5.56 Å². The van der Waals surface area contributed by atoms with E-state index in [0.29, 0.717) is 0 Å². The summed E-state index contributed by atoms with van der Waals surface area (Å²) >= 11 is 0. The average Bonchev–Trinajstić information content (AvgIpc) is 2.53. The number of nitrogens with one attached hydrogen (secondary N) is 1. The standard InChI is InChI=1S/C17H22N2O/c1-14(16-7-3-2-4-8-16)19-12-15(13-20)11-17-9-5-6-10-18-17/h2-10,14-15,19-20H,11-13H2,1H3. The molecule has 2 unspecified atom stereocenters. The molecule has 1 aromatic heterocycles. The molecule has 0 bridgehead atoms. The van der Waals surface area contributed by atoms with Gasteiger partial charge in [0.1, 0.15) is 0 Å². The van der Waals surface area contributed by atoms with Gasteiger partial charge in [0.05, 0.1) is 0 Å². The van der Waals surface area contributed by atoms with E-state index < -0.39 is 0 Å². The maximum Gasteiger partial charge on any atom is 0.0475 e. The largest absolute Gasteiger partial charge is 0.396 e. The quantitative estimate of drug-likeness (QED) is 0.813. The van der Waals surface area contributed by atoms with Crippen molar-refractivity contribution in [2.45, 2.75) is 19.4 Å². The van der Waals surface area contributed by atoms with Gasteiger partial charge in [0.15, 0.2) is 0 Å². The highest BCUT2D eigenvalue weighted by molar-refractivity contribution is 5.18. The van der Waals surface area contributed by atoms with Gasteiger partial charge >= 0.3 is 0 Å². The van der Waals surface area contributed by atoms with Crippen molar-refractivity contribution in [2.75, 3.05) is 13.2 Å². The van der Waals surface area contributed by atoms with Crippen molar-refractivity contribution in [1.82, 2.24) is 10.3 Å². The third-order valence-corrected chi connectivity index (χ3v) is 3.49. The fraction of sp³-hybridized carbons (Fsp3) is 0.353. The van der Waals surface area contributed by atoms with Gasteiger partial charge in [-0.2, -0.15) is 0 Å². The van der Waals surface area contributed by atoms with Crippen LogP contribution in [0.4, 0.5) is 0 Å².